The van der Waals surface area contributed by atoms with Crippen LogP contribution in [-0.2, 0) is 10.0 Å². The second-order valence-electron chi connectivity index (χ2n) is 4.59. The van der Waals surface area contributed by atoms with E-state index in [0.29, 0.717) is 5.56 Å². The van der Waals surface area contributed by atoms with Crippen LogP contribution in [0.2, 0.25) is 0 Å². The van der Waals surface area contributed by atoms with Crippen molar-refractivity contribution in [1.29, 1.82) is 0 Å². The zero-order valence-electron chi connectivity index (χ0n) is 11.7. The number of rotatable bonds is 5. The van der Waals surface area contributed by atoms with Crippen molar-refractivity contribution in [1.82, 2.24) is 4.83 Å². The van der Waals surface area contributed by atoms with Crippen LogP contribution in [0.5, 0.6) is 0 Å². The Morgan fingerprint density at radius 2 is 1.68 bits per heavy atom. The third-order valence-electron chi connectivity index (χ3n) is 2.88. The molecule has 0 aliphatic carbocycles. The van der Waals surface area contributed by atoms with Crippen LogP contribution in [0.4, 0.5) is 0 Å². The van der Waals surface area contributed by atoms with E-state index < -0.39 is 16.0 Å². The molecule has 0 aliphatic rings. The third kappa shape index (κ3) is 3.92. The molecule has 2 rings (SSSR count). The Labute approximate surface area is 128 Å². The molecular formula is C15H14N2O4S. The minimum Gasteiger partial charge on any atom is -0.478 e. The van der Waals surface area contributed by atoms with Gasteiger partial charge in [-0.05, 0) is 36.8 Å². The number of nitrogens with one attached hydrogen (secondary N) is 1. The molecule has 2 aromatic rings. The largest absolute Gasteiger partial charge is 0.478 e. The summed E-state index contributed by atoms with van der Waals surface area (Å²) in [6.07, 6.45) is 1.30. The van der Waals surface area contributed by atoms with Crippen molar-refractivity contribution in [2.75, 3.05) is 0 Å². The van der Waals surface area contributed by atoms with E-state index in [-0.39, 0.29) is 10.5 Å². The summed E-state index contributed by atoms with van der Waals surface area (Å²) in [5.74, 6) is -1.02. The first-order valence-electron chi connectivity index (χ1n) is 6.33. The second-order valence-corrected chi connectivity index (χ2v) is 6.25. The van der Waals surface area contributed by atoms with Gasteiger partial charge in [0.1, 0.15) is 0 Å². The van der Waals surface area contributed by atoms with Crippen LogP contribution in [0.1, 0.15) is 21.5 Å². The molecule has 6 nitrogen and oxygen atoms in total. The molecule has 22 heavy (non-hydrogen) atoms. The maximum Gasteiger partial charge on any atom is 0.335 e. The Bertz CT molecular complexity index is 794. The monoisotopic (exact) mass is 318 g/mol. The number of sulfonamides is 1. The Balaban J connectivity index is 2.08. The molecule has 0 spiro atoms. The molecule has 0 saturated heterocycles. The molecule has 0 heterocycles. The maximum absolute atomic E-state index is 12.0. The lowest BCUT2D eigenvalue weighted by Gasteiger charge is -2.03. The first-order valence-corrected chi connectivity index (χ1v) is 7.82. The molecular weight excluding hydrogens is 304 g/mol. The Kier molecular flexibility index (Phi) is 4.57. The Morgan fingerprint density at radius 1 is 1.09 bits per heavy atom. The van der Waals surface area contributed by atoms with E-state index in [1.54, 1.807) is 12.1 Å². The van der Waals surface area contributed by atoms with Gasteiger partial charge in [0.15, 0.2) is 0 Å². The van der Waals surface area contributed by atoms with Gasteiger partial charge in [0.2, 0.25) is 0 Å². The molecule has 0 atom stereocenters. The molecule has 0 aliphatic heterocycles. The highest BCUT2D eigenvalue weighted by molar-refractivity contribution is 7.89. The summed E-state index contributed by atoms with van der Waals surface area (Å²) in [5, 5.41) is 12.5. The predicted octanol–water partition coefficient (Wildman–Crippen LogP) is 2.01. The zero-order chi connectivity index (χ0) is 16.2. The summed E-state index contributed by atoms with van der Waals surface area (Å²) >= 11 is 0. The molecule has 0 aromatic heterocycles. The molecule has 0 saturated carbocycles. The maximum atomic E-state index is 12.0. The molecule has 2 aromatic carbocycles. The summed E-state index contributed by atoms with van der Waals surface area (Å²) in [4.78, 5) is 12.9. The molecule has 0 amide bonds. The van der Waals surface area contributed by atoms with Crippen LogP contribution in [0.15, 0.2) is 58.5 Å². The van der Waals surface area contributed by atoms with Crippen LogP contribution in [0.3, 0.4) is 0 Å². The van der Waals surface area contributed by atoms with Gasteiger partial charge in [-0.3, -0.25) is 0 Å². The van der Waals surface area contributed by atoms with Crippen molar-refractivity contribution in [3.8, 4) is 0 Å². The van der Waals surface area contributed by atoms with E-state index in [1.807, 2.05) is 6.92 Å². The number of carboxylic acid groups (broad SMARTS) is 1. The number of aryl methyl sites for hydroxylation is 1. The number of carbonyl (C=O) groups is 1. The van der Waals surface area contributed by atoms with Crippen molar-refractivity contribution in [2.45, 2.75) is 11.8 Å². The predicted molar refractivity (Wildman–Crippen MR) is 82.5 cm³/mol. The van der Waals surface area contributed by atoms with Crippen LogP contribution in [0, 0.1) is 6.92 Å². The minimum absolute atomic E-state index is 0.122. The van der Waals surface area contributed by atoms with Gasteiger partial charge in [-0.1, -0.05) is 29.8 Å². The fourth-order valence-electron chi connectivity index (χ4n) is 1.65. The lowest BCUT2D eigenvalue weighted by molar-refractivity contribution is 0.0697. The van der Waals surface area contributed by atoms with Gasteiger partial charge in [-0.2, -0.15) is 13.5 Å². The van der Waals surface area contributed by atoms with E-state index in [9.17, 15) is 13.2 Å². The highest BCUT2D eigenvalue weighted by Crippen LogP contribution is 2.09. The second kappa shape index (κ2) is 6.40. The summed E-state index contributed by atoms with van der Waals surface area (Å²) < 4.78 is 23.9. The van der Waals surface area contributed by atoms with Gasteiger partial charge in [-0.15, -0.1) is 0 Å². The van der Waals surface area contributed by atoms with E-state index in [1.165, 1.54) is 42.6 Å². The normalized spacial score (nSPS) is 11.5. The molecule has 0 bridgehead atoms. The van der Waals surface area contributed by atoms with Crippen molar-refractivity contribution in [2.24, 2.45) is 5.10 Å². The van der Waals surface area contributed by atoms with Gasteiger partial charge in [-0.25, -0.2) is 9.63 Å². The SMILES string of the molecule is Cc1ccc(S(=O)(=O)N/N=C\c2ccc(C(=O)O)cc2)cc1. The molecule has 0 unspecified atom stereocenters. The quantitative estimate of drug-likeness (QED) is 0.651. The van der Waals surface area contributed by atoms with Gasteiger partial charge >= 0.3 is 5.97 Å². The number of hydrogen-bond acceptors (Lipinski definition) is 4. The lowest BCUT2D eigenvalue weighted by Crippen LogP contribution is -2.18. The number of carboxylic acids is 1. The molecule has 0 fully saturated rings. The number of nitrogens with zero attached hydrogens (tertiary/aromatic N) is 1. The van der Waals surface area contributed by atoms with Crippen molar-refractivity contribution in [3.63, 3.8) is 0 Å². The number of aromatic carboxylic acids is 1. The van der Waals surface area contributed by atoms with Crippen LogP contribution < -0.4 is 4.83 Å². The first kappa shape index (κ1) is 15.7. The number of hydrogen-bond donors (Lipinski definition) is 2. The first-order chi connectivity index (χ1) is 10.4. The highest BCUT2D eigenvalue weighted by atomic mass is 32.2. The van der Waals surface area contributed by atoms with E-state index in [0.717, 1.165) is 5.56 Å². The van der Waals surface area contributed by atoms with Crippen LogP contribution >= 0.6 is 0 Å². The molecule has 0 radical (unpaired) electrons. The highest BCUT2D eigenvalue weighted by Gasteiger charge is 2.11. The van der Waals surface area contributed by atoms with Gasteiger partial charge < -0.3 is 5.11 Å². The van der Waals surface area contributed by atoms with Gasteiger partial charge in [0.25, 0.3) is 10.0 Å². The summed E-state index contributed by atoms with van der Waals surface area (Å²) in [6.45, 7) is 1.86. The molecule has 7 heteroatoms. The fraction of sp³-hybridized carbons (Fsp3) is 0.0667. The van der Waals surface area contributed by atoms with Crippen LogP contribution in [-0.4, -0.2) is 25.7 Å². The molecule has 2 N–H and O–H groups in total. The summed E-state index contributed by atoms with van der Waals surface area (Å²) in [6, 6.07) is 12.3. The van der Waals surface area contributed by atoms with Gasteiger partial charge in [0, 0.05) is 0 Å². The molecule has 114 valence electrons. The Hall–Kier alpha value is -2.67. The smallest absolute Gasteiger partial charge is 0.335 e. The van der Waals surface area contributed by atoms with E-state index >= 15 is 0 Å². The van der Waals surface area contributed by atoms with Crippen LogP contribution in [0.25, 0.3) is 0 Å². The number of benzene rings is 2. The van der Waals surface area contributed by atoms with Crippen molar-refractivity contribution in [3.05, 3.63) is 65.2 Å². The average Bonchev–Trinajstić information content (AvgIpc) is 2.48. The van der Waals surface area contributed by atoms with Gasteiger partial charge in [0.05, 0.1) is 16.7 Å². The summed E-state index contributed by atoms with van der Waals surface area (Å²) in [7, 11) is -3.71. The third-order valence-corrected chi connectivity index (χ3v) is 4.11. The van der Waals surface area contributed by atoms with Crippen molar-refractivity contribution < 1.29 is 18.3 Å². The zero-order valence-corrected chi connectivity index (χ0v) is 12.5. The lowest BCUT2D eigenvalue weighted by atomic mass is 10.1. The number of hydrazone groups is 1. The van der Waals surface area contributed by atoms with E-state index in [4.69, 9.17) is 5.11 Å². The average molecular weight is 318 g/mol. The fourth-order valence-corrected chi connectivity index (χ4v) is 2.44. The topological polar surface area (TPSA) is 95.8 Å². The minimum atomic E-state index is -3.71. The summed E-state index contributed by atoms with van der Waals surface area (Å²) in [5.41, 5.74) is 1.69. The van der Waals surface area contributed by atoms with E-state index in [2.05, 4.69) is 9.93 Å². The standard InChI is InChI=1S/C15H14N2O4S/c1-11-2-8-14(9-3-11)22(20,21)17-16-10-12-4-6-13(7-5-12)15(18)19/h2-10,17H,1H3,(H,18,19)/b16-10-. The Morgan fingerprint density at radius 3 is 2.23 bits per heavy atom. The van der Waals surface area contributed by atoms with Crippen molar-refractivity contribution >= 4 is 22.2 Å².